The molecule has 0 aliphatic carbocycles. The van der Waals surface area contributed by atoms with Crippen molar-refractivity contribution < 1.29 is 23.1 Å². The molecule has 0 saturated carbocycles. The average molecular weight is 341 g/mol. The predicted octanol–water partition coefficient (Wildman–Crippen LogP) is -0.0532. The van der Waals surface area contributed by atoms with E-state index in [2.05, 4.69) is 10.0 Å². The summed E-state index contributed by atoms with van der Waals surface area (Å²) < 4.78 is 25.4. The second-order valence-corrected chi connectivity index (χ2v) is 7.19. The first kappa shape index (κ1) is 17.2. The second-order valence-electron chi connectivity index (χ2n) is 5.18. The van der Waals surface area contributed by atoms with Gasteiger partial charge in [0.15, 0.2) is 0 Å². The van der Waals surface area contributed by atoms with Crippen LogP contribution in [0.25, 0.3) is 0 Å². The number of carboxylic acids is 1. The molecule has 1 saturated heterocycles. The van der Waals surface area contributed by atoms with Crippen molar-refractivity contribution in [2.75, 3.05) is 30.1 Å². The molecule has 126 valence electrons. The highest BCUT2D eigenvalue weighted by atomic mass is 32.2. The summed E-state index contributed by atoms with van der Waals surface area (Å²) in [5.74, 6) is -1.31. The maximum Gasteiger partial charge on any atom is 0.322 e. The fraction of sp³-hybridized carbons (Fsp3) is 0.429. The lowest BCUT2D eigenvalue weighted by atomic mass is 10.1. The van der Waals surface area contributed by atoms with Crippen LogP contribution >= 0.6 is 0 Å². The van der Waals surface area contributed by atoms with Crippen LogP contribution in [0.5, 0.6) is 0 Å². The van der Waals surface area contributed by atoms with Crippen molar-refractivity contribution >= 4 is 27.6 Å². The van der Waals surface area contributed by atoms with Crippen LogP contribution in [0.3, 0.4) is 0 Å². The van der Waals surface area contributed by atoms with Gasteiger partial charge in [0.1, 0.15) is 6.04 Å². The number of piperazine rings is 1. The molecule has 1 fully saturated rings. The van der Waals surface area contributed by atoms with Crippen LogP contribution < -0.4 is 10.0 Å². The number of amides is 1. The molecule has 1 aromatic carbocycles. The van der Waals surface area contributed by atoms with Crippen LogP contribution in [-0.4, -0.2) is 61.7 Å². The molecule has 0 spiro atoms. The second kappa shape index (κ2) is 6.97. The van der Waals surface area contributed by atoms with Crippen LogP contribution in [0.1, 0.15) is 17.3 Å². The van der Waals surface area contributed by atoms with E-state index < -0.39 is 22.0 Å². The van der Waals surface area contributed by atoms with Crippen LogP contribution in [0.4, 0.5) is 5.69 Å². The van der Waals surface area contributed by atoms with E-state index in [0.717, 1.165) is 0 Å². The van der Waals surface area contributed by atoms with E-state index in [4.69, 9.17) is 5.11 Å². The minimum atomic E-state index is -3.36. The minimum Gasteiger partial charge on any atom is -0.480 e. The number of sulfonamides is 1. The van der Waals surface area contributed by atoms with Gasteiger partial charge >= 0.3 is 5.97 Å². The summed E-state index contributed by atoms with van der Waals surface area (Å²) in [6.45, 7) is 2.46. The summed E-state index contributed by atoms with van der Waals surface area (Å²) in [6, 6.07) is 5.29. The van der Waals surface area contributed by atoms with Gasteiger partial charge < -0.3 is 15.3 Å². The van der Waals surface area contributed by atoms with Gasteiger partial charge in [-0.3, -0.25) is 14.3 Å². The third kappa shape index (κ3) is 4.42. The average Bonchev–Trinajstić information content (AvgIpc) is 2.54. The molecular formula is C14H19N3O5S. The zero-order chi connectivity index (χ0) is 17.0. The van der Waals surface area contributed by atoms with Crippen LogP contribution in [0.2, 0.25) is 0 Å². The molecule has 1 unspecified atom stereocenters. The Bertz CT molecular complexity index is 687. The molecule has 23 heavy (non-hydrogen) atoms. The lowest BCUT2D eigenvalue weighted by Crippen LogP contribution is -2.55. The van der Waals surface area contributed by atoms with Crippen molar-refractivity contribution in [3.8, 4) is 0 Å². The Morgan fingerprint density at radius 1 is 1.35 bits per heavy atom. The van der Waals surface area contributed by atoms with Crippen molar-refractivity contribution in [1.29, 1.82) is 0 Å². The minimum absolute atomic E-state index is 0.0367. The number of nitrogens with zero attached hydrogens (tertiary/aromatic N) is 1. The van der Waals surface area contributed by atoms with Gasteiger partial charge in [0.25, 0.3) is 5.91 Å². The molecule has 1 atom stereocenters. The predicted molar refractivity (Wildman–Crippen MR) is 84.9 cm³/mol. The largest absolute Gasteiger partial charge is 0.480 e. The van der Waals surface area contributed by atoms with E-state index in [9.17, 15) is 18.0 Å². The third-order valence-electron chi connectivity index (χ3n) is 3.55. The SMILES string of the molecule is CCS(=O)(=O)Nc1ccc(C(=O)N2CCNC(C(=O)O)C2)cc1. The van der Waals surface area contributed by atoms with Crippen molar-refractivity contribution in [2.24, 2.45) is 0 Å². The first-order chi connectivity index (χ1) is 10.8. The molecule has 0 bridgehead atoms. The molecule has 1 amide bonds. The number of carboxylic acid groups (broad SMARTS) is 1. The summed E-state index contributed by atoms with van der Waals surface area (Å²) >= 11 is 0. The lowest BCUT2D eigenvalue weighted by molar-refractivity contribution is -0.140. The summed E-state index contributed by atoms with van der Waals surface area (Å²) in [5.41, 5.74) is 0.766. The fourth-order valence-corrected chi connectivity index (χ4v) is 2.85. The highest BCUT2D eigenvalue weighted by Gasteiger charge is 2.28. The molecule has 9 heteroatoms. The van der Waals surface area contributed by atoms with Gasteiger partial charge in [-0.05, 0) is 31.2 Å². The Labute approximate surface area is 134 Å². The smallest absolute Gasteiger partial charge is 0.322 e. The van der Waals surface area contributed by atoms with E-state index in [1.165, 1.54) is 36.1 Å². The van der Waals surface area contributed by atoms with Gasteiger partial charge in [0, 0.05) is 30.9 Å². The van der Waals surface area contributed by atoms with E-state index >= 15 is 0 Å². The van der Waals surface area contributed by atoms with E-state index in [1.807, 2.05) is 0 Å². The molecule has 3 N–H and O–H groups in total. The number of carbonyl (C=O) groups is 2. The van der Waals surface area contributed by atoms with E-state index in [1.54, 1.807) is 0 Å². The monoisotopic (exact) mass is 341 g/mol. The standard InChI is InChI=1S/C14H19N3O5S/c1-2-23(21,22)16-11-5-3-10(4-6-11)13(18)17-8-7-15-12(9-17)14(19)20/h3-6,12,15-16H,2,7-9H2,1H3,(H,19,20). The van der Waals surface area contributed by atoms with Crippen molar-refractivity contribution in [3.05, 3.63) is 29.8 Å². The number of hydrogen-bond acceptors (Lipinski definition) is 5. The van der Waals surface area contributed by atoms with Gasteiger partial charge in [0.05, 0.1) is 5.75 Å². The van der Waals surface area contributed by atoms with Crippen molar-refractivity contribution in [3.63, 3.8) is 0 Å². The summed E-state index contributed by atoms with van der Waals surface area (Å²) in [5, 5.41) is 11.8. The number of hydrogen-bond donors (Lipinski definition) is 3. The molecule has 1 aromatic rings. The Kier molecular flexibility index (Phi) is 5.22. The number of aliphatic carboxylic acids is 1. The maximum atomic E-state index is 12.4. The molecule has 1 aliphatic heterocycles. The van der Waals surface area contributed by atoms with Gasteiger partial charge in [-0.1, -0.05) is 0 Å². The highest BCUT2D eigenvalue weighted by molar-refractivity contribution is 7.92. The number of nitrogens with one attached hydrogen (secondary N) is 2. The fourth-order valence-electron chi connectivity index (χ4n) is 2.21. The first-order valence-electron chi connectivity index (χ1n) is 7.18. The Balaban J connectivity index is 2.07. The first-order valence-corrected chi connectivity index (χ1v) is 8.83. The van der Waals surface area contributed by atoms with Gasteiger partial charge in [-0.25, -0.2) is 8.42 Å². The number of carbonyl (C=O) groups excluding carboxylic acids is 1. The summed E-state index contributed by atoms with van der Waals surface area (Å²) in [6.07, 6.45) is 0. The third-order valence-corrected chi connectivity index (χ3v) is 4.85. The van der Waals surface area contributed by atoms with E-state index in [-0.39, 0.29) is 18.2 Å². The highest BCUT2D eigenvalue weighted by Crippen LogP contribution is 2.14. The zero-order valence-corrected chi connectivity index (χ0v) is 13.5. The molecule has 8 nitrogen and oxygen atoms in total. The number of benzene rings is 1. The van der Waals surface area contributed by atoms with Crippen LogP contribution in [-0.2, 0) is 14.8 Å². The topological polar surface area (TPSA) is 116 Å². The van der Waals surface area contributed by atoms with Crippen molar-refractivity contribution in [2.45, 2.75) is 13.0 Å². The Morgan fingerprint density at radius 2 is 2.00 bits per heavy atom. The van der Waals surface area contributed by atoms with Crippen molar-refractivity contribution in [1.82, 2.24) is 10.2 Å². The van der Waals surface area contributed by atoms with Gasteiger partial charge in [0.2, 0.25) is 10.0 Å². The molecule has 0 aromatic heterocycles. The lowest BCUT2D eigenvalue weighted by Gasteiger charge is -2.31. The zero-order valence-electron chi connectivity index (χ0n) is 12.7. The molecule has 1 heterocycles. The maximum absolute atomic E-state index is 12.4. The van der Waals surface area contributed by atoms with Gasteiger partial charge in [-0.15, -0.1) is 0 Å². The molecule has 2 rings (SSSR count). The number of anilines is 1. The normalized spacial score (nSPS) is 18.5. The Hall–Kier alpha value is -2.13. The quantitative estimate of drug-likeness (QED) is 0.691. The van der Waals surface area contributed by atoms with Crippen LogP contribution in [0.15, 0.2) is 24.3 Å². The van der Waals surface area contributed by atoms with E-state index in [0.29, 0.717) is 24.3 Å². The summed E-state index contributed by atoms with van der Waals surface area (Å²) in [4.78, 5) is 24.9. The molecule has 1 aliphatic rings. The van der Waals surface area contributed by atoms with Crippen LogP contribution in [0, 0.1) is 0 Å². The summed E-state index contributed by atoms with van der Waals surface area (Å²) in [7, 11) is -3.36. The molecular weight excluding hydrogens is 322 g/mol. The Morgan fingerprint density at radius 3 is 2.57 bits per heavy atom. The molecule has 0 radical (unpaired) electrons. The number of rotatable bonds is 5. The van der Waals surface area contributed by atoms with Gasteiger partial charge in [-0.2, -0.15) is 0 Å².